The van der Waals surface area contributed by atoms with Gasteiger partial charge in [-0.15, -0.1) is 11.3 Å². The molecule has 0 bridgehead atoms. The van der Waals surface area contributed by atoms with Gasteiger partial charge in [0.25, 0.3) is 0 Å². The fourth-order valence-electron chi connectivity index (χ4n) is 4.92. The Morgan fingerprint density at radius 1 is 1.12 bits per heavy atom. The molecule has 42 heavy (non-hydrogen) atoms. The Morgan fingerprint density at radius 2 is 2.00 bits per heavy atom. The third-order valence-electron chi connectivity index (χ3n) is 6.75. The van der Waals surface area contributed by atoms with Crippen LogP contribution in [0.15, 0.2) is 66.3 Å². The van der Waals surface area contributed by atoms with Crippen molar-refractivity contribution in [1.82, 2.24) is 29.8 Å². The summed E-state index contributed by atoms with van der Waals surface area (Å²) >= 11 is 1.46. The molecule has 4 heterocycles. The van der Waals surface area contributed by atoms with Crippen LogP contribution < -0.4 is 10.1 Å². The standard InChI is InChI=1S/C31H33N7O3S/c1-31(2,3)41-30(39)38-15-7-9-21(18-38)34-29-32-14-13-25(37-29)27-28(33-19-42-27)40-22-10-6-8-20(16-22)17-26-35-23-11-4-5-12-24(23)36-26/h4-6,8,10-14,16,19,21H,7,9,15,17-18H2,1-3H3,(H,35,36)(H,32,34,37)/t21-/m0/s1. The predicted molar refractivity (Wildman–Crippen MR) is 163 cm³/mol. The van der Waals surface area contributed by atoms with E-state index in [-0.39, 0.29) is 12.1 Å². The van der Waals surface area contributed by atoms with Gasteiger partial charge in [-0.05, 0) is 69.5 Å². The molecule has 11 heteroatoms. The number of anilines is 1. The van der Waals surface area contributed by atoms with Crippen LogP contribution in [0.2, 0.25) is 0 Å². The van der Waals surface area contributed by atoms with Crippen molar-refractivity contribution in [2.75, 3.05) is 18.4 Å². The van der Waals surface area contributed by atoms with Crippen molar-refractivity contribution in [3.63, 3.8) is 0 Å². The number of nitrogens with one attached hydrogen (secondary N) is 2. The van der Waals surface area contributed by atoms with Crippen LogP contribution in [0.4, 0.5) is 10.7 Å². The zero-order valence-corrected chi connectivity index (χ0v) is 24.6. The van der Waals surface area contributed by atoms with Crippen molar-refractivity contribution >= 4 is 34.4 Å². The summed E-state index contributed by atoms with van der Waals surface area (Å²) in [6.07, 6.45) is 3.86. The number of amides is 1. The fraction of sp³-hybridized carbons (Fsp3) is 0.323. The summed E-state index contributed by atoms with van der Waals surface area (Å²) in [6, 6.07) is 17.8. The SMILES string of the molecule is CC(C)(C)OC(=O)N1CCC[C@H](Nc2nccc(-c3scnc3Oc3cccc(Cc4nc5ccccc5[nH]4)c3)n2)C1. The van der Waals surface area contributed by atoms with Crippen molar-refractivity contribution in [2.45, 2.75) is 51.7 Å². The normalized spacial score (nSPS) is 15.5. The first-order valence-electron chi connectivity index (χ1n) is 14.0. The number of H-pyrrole nitrogens is 1. The average Bonchev–Trinajstić information content (AvgIpc) is 3.59. The number of carbonyl (C=O) groups is 1. The number of benzene rings is 2. The number of thiazole rings is 1. The predicted octanol–water partition coefficient (Wildman–Crippen LogP) is 6.67. The second-order valence-electron chi connectivity index (χ2n) is 11.3. The van der Waals surface area contributed by atoms with Crippen LogP contribution in [-0.4, -0.2) is 60.6 Å². The molecule has 0 unspecified atom stereocenters. The average molecular weight is 584 g/mol. The van der Waals surface area contributed by atoms with Crippen molar-refractivity contribution in [2.24, 2.45) is 0 Å². The van der Waals surface area contributed by atoms with Crippen molar-refractivity contribution in [1.29, 1.82) is 0 Å². The summed E-state index contributed by atoms with van der Waals surface area (Å²) in [5.74, 6) is 2.57. The molecule has 2 N–H and O–H groups in total. The number of carbonyl (C=O) groups excluding carboxylic acids is 1. The molecule has 1 fully saturated rings. The highest BCUT2D eigenvalue weighted by molar-refractivity contribution is 7.13. The van der Waals surface area contributed by atoms with Crippen molar-refractivity contribution < 1.29 is 14.3 Å². The third kappa shape index (κ3) is 6.68. The minimum absolute atomic E-state index is 0.0215. The number of nitrogens with zero attached hydrogens (tertiary/aromatic N) is 5. The molecule has 1 aliphatic heterocycles. The number of imidazole rings is 1. The van der Waals surface area contributed by atoms with Gasteiger partial charge in [0.2, 0.25) is 11.8 Å². The summed E-state index contributed by atoms with van der Waals surface area (Å²) in [7, 11) is 0. The summed E-state index contributed by atoms with van der Waals surface area (Å²) < 4.78 is 11.8. The molecule has 1 saturated heterocycles. The molecule has 3 aromatic heterocycles. The highest BCUT2D eigenvalue weighted by Gasteiger charge is 2.28. The minimum atomic E-state index is -0.528. The van der Waals surface area contributed by atoms with Crippen LogP contribution in [0.3, 0.4) is 0 Å². The summed E-state index contributed by atoms with van der Waals surface area (Å²) in [6.45, 7) is 6.83. The quantitative estimate of drug-likeness (QED) is 0.218. The van der Waals surface area contributed by atoms with Crippen LogP contribution in [0.1, 0.15) is 45.0 Å². The van der Waals surface area contributed by atoms with E-state index in [1.54, 1.807) is 16.6 Å². The minimum Gasteiger partial charge on any atom is -0.444 e. The number of hydrogen-bond donors (Lipinski definition) is 2. The topological polar surface area (TPSA) is 118 Å². The third-order valence-corrected chi connectivity index (χ3v) is 7.58. The van der Waals surface area contributed by atoms with Gasteiger partial charge in [0.05, 0.1) is 22.2 Å². The van der Waals surface area contributed by atoms with Crippen LogP contribution in [0, 0.1) is 0 Å². The molecule has 1 amide bonds. The molecule has 0 radical (unpaired) electrons. The Hall–Kier alpha value is -4.51. The van der Waals surface area contributed by atoms with E-state index in [4.69, 9.17) is 19.4 Å². The molecule has 0 aliphatic carbocycles. The largest absolute Gasteiger partial charge is 0.444 e. The molecule has 6 rings (SSSR count). The molecular weight excluding hydrogens is 550 g/mol. The highest BCUT2D eigenvalue weighted by atomic mass is 32.1. The Bertz CT molecular complexity index is 1660. The van der Waals surface area contributed by atoms with E-state index in [1.165, 1.54) is 11.3 Å². The fourth-order valence-corrected chi connectivity index (χ4v) is 5.60. The molecule has 0 saturated carbocycles. The highest BCUT2D eigenvalue weighted by Crippen LogP contribution is 2.35. The Morgan fingerprint density at radius 3 is 2.86 bits per heavy atom. The Balaban J connectivity index is 1.13. The number of aromatic nitrogens is 5. The maximum atomic E-state index is 12.6. The van der Waals surface area contributed by atoms with E-state index < -0.39 is 5.60 Å². The molecule has 5 aromatic rings. The van der Waals surface area contributed by atoms with Crippen LogP contribution in [0.25, 0.3) is 21.6 Å². The van der Waals surface area contributed by atoms with Crippen LogP contribution in [-0.2, 0) is 11.2 Å². The first kappa shape index (κ1) is 27.6. The first-order chi connectivity index (χ1) is 20.3. The molecule has 10 nitrogen and oxygen atoms in total. The van der Waals surface area contributed by atoms with Gasteiger partial charge >= 0.3 is 6.09 Å². The van der Waals surface area contributed by atoms with Gasteiger partial charge in [-0.3, -0.25) is 0 Å². The van der Waals surface area contributed by atoms with Gasteiger partial charge in [-0.2, -0.15) is 0 Å². The number of rotatable bonds is 7. The number of aromatic amines is 1. The Labute approximate surface area is 248 Å². The number of fused-ring (bicyclic) bond motifs is 1. The molecule has 1 aliphatic rings. The van der Waals surface area contributed by atoms with E-state index in [2.05, 4.69) is 26.3 Å². The zero-order valence-electron chi connectivity index (χ0n) is 23.8. The number of para-hydroxylation sites is 2. The van der Waals surface area contributed by atoms with E-state index >= 15 is 0 Å². The molecule has 2 aromatic carbocycles. The van der Waals surface area contributed by atoms with Crippen LogP contribution in [0.5, 0.6) is 11.6 Å². The van der Waals surface area contributed by atoms with Crippen molar-refractivity contribution in [3.05, 3.63) is 77.7 Å². The molecule has 1 atom stereocenters. The molecule has 216 valence electrons. The lowest BCUT2D eigenvalue weighted by Crippen LogP contribution is -2.47. The summed E-state index contributed by atoms with van der Waals surface area (Å²) in [4.78, 5) is 36.9. The van der Waals surface area contributed by atoms with Crippen LogP contribution >= 0.6 is 11.3 Å². The van der Waals surface area contributed by atoms with Gasteiger partial charge in [0.15, 0.2) is 0 Å². The van der Waals surface area contributed by atoms with E-state index in [9.17, 15) is 4.79 Å². The van der Waals surface area contributed by atoms with Gasteiger partial charge in [0.1, 0.15) is 22.1 Å². The van der Waals surface area contributed by atoms with Gasteiger partial charge in [-0.1, -0.05) is 24.3 Å². The maximum Gasteiger partial charge on any atom is 0.410 e. The zero-order chi connectivity index (χ0) is 29.1. The first-order valence-corrected chi connectivity index (χ1v) is 14.9. The smallest absolute Gasteiger partial charge is 0.410 e. The van der Waals surface area contributed by atoms with E-state index in [0.29, 0.717) is 42.8 Å². The lowest BCUT2D eigenvalue weighted by molar-refractivity contribution is 0.0206. The number of likely N-dealkylation sites (tertiary alicyclic amines) is 1. The van der Waals surface area contributed by atoms with Gasteiger partial charge in [-0.25, -0.2) is 24.7 Å². The number of ether oxygens (including phenoxy) is 2. The van der Waals surface area contributed by atoms with Gasteiger partial charge in [0, 0.05) is 31.7 Å². The lowest BCUT2D eigenvalue weighted by Gasteiger charge is -2.34. The maximum absolute atomic E-state index is 12.6. The second kappa shape index (κ2) is 11.8. The Kier molecular flexibility index (Phi) is 7.75. The van der Waals surface area contributed by atoms with Crippen molar-refractivity contribution in [3.8, 4) is 22.2 Å². The van der Waals surface area contributed by atoms with E-state index in [1.807, 2.05) is 69.3 Å². The number of hydrogen-bond acceptors (Lipinski definition) is 9. The van der Waals surface area contributed by atoms with Gasteiger partial charge < -0.3 is 24.7 Å². The summed E-state index contributed by atoms with van der Waals surface area (Å²) in [5.41, 5.74) is 4.98. The lowest BCUT2D eigenvalue weighted by atomic mass is 10.1. The summed E-state index contributed by atoms with van der Waals surface area (Å²) in [5, 5.41) is 3.40. The monoisotopic (exact) mass is 583 g/mol. The second-order valence-corrected chi connectivity index (χ2v) is 12.1. The van der Waals surface area contributed by atoms with E-state index in [0.717, 1.165) is 40.1 Å². The molecule has 0 spiro atoms. The number of piperidine rings is 1. The molecular formula is C31H33N7O3S.